The van der Waals surface area contributed by atoms with Crippen molar-refractivity contribution in [1.82, 2.24) is 9.97 Å². The van der Waals surface area contributed by atoms with Crippen molar-refractivity contribution >= 4 is 11.7 Å². The minimum Gasteiger partial charge on any atom is -0.481 e. The zero-order chi connectivity index (χ0) is 19.8. The highest BCUT2D eigenvalue weighted by Gasteiger charge is 2.51. The number of benzene rings is 1. The van der Waals surface area contributed by atoms with Gasteiger partial charge in [0.05, 0.1) is 12.5 Å². The van der Waals surface area contributed by atoms with Crippen molar-refractivity contribution in [2.75, 3.05) is 19.2 Å². The minimum atomic E-state index is -0.527. The fraction of sp³-hybridized carbons (Fsp3) is 0.227. The molecule has 2 aromatic heterocycles. The van der Waals surface area contributed by atoms with E-state index >= 15 is 0 Å². The third kappa shape index (κ3) is 3.14. The molecule has 3 aromatic rings. The highest BCUT2D eigenvalue weighted by Crippen LogP contribution is 2.51. The quantitative estimate of drug-likeness (QED) is 0.719. The van der Waals surface area contributed by atoms with Gasteiger partial charge in [0.1, 0.15) is 5.82 Å². The van der Waals surface area contributed by atoms with Crippen molar-refractivity contribution in [3.63, 3.8) is 0 Å². The van der Waals surface area contributed by atoms with E-state index in [1.54, 1.807) is 31.6 Å². The summed E-state index contributed by atoms with van der Waals surface area (Å²) in [5.41, 5.74) is 2.26. The Morgan fingerprint density at radius 1 is 1.00 bits per heavy atom. The highest BCUT2D eigenvalue weighted by molar-refractivity contribution is 6.01. The number of nitrogens with zero attached hydrogens (tertiary/aromatic N) is 2. The molecule has 7 heteroatoms. The summed E-state index contributed by atoms with van der Waals surface area (Å²) >= 11 is 0. The Morgan fingerprint density at radius 3 is 2.41 bits per heavy atom. The van der Waals surface area contributed by atoms with E-state index in [0.29, 0.717) is 17.4 Å². The third-order valence-electron chi connectivity index (χ3n) is 5.39. The number of methoxy groups -OCH3 is 1. The van der Waals surface area contributed by atoms with E-state index < -0.39 is 5.41 Å². The molecule has 1 aromatic carbocycles. The topological polar surface area (TPSA) is 82.6 Å². The van der Waals surface area contributed by atoms with Crippen LogP contribution in [0.5, 0.6) is 17.4 Å². The Labute approximate surface area is 167 Å². The minimum absolute atomic E-state index is 0.0530. The summed E-state index contributed by atoms with van der Waals surface area (Å²) in [6, 6.07) is 13.1. The zero-order valence-electron chi connectivity index (χ0n) is 15.8. The summed E-state index contributed by atoms with van der Waals surface area (Å²) < 4.78 is 15.9. The van der Waals surface area contributed by atoms with Gasteiger partial charge in [0.2, 0.25) is 18.6 Å². The van der Waals surface area contributed by atoms with Crippen LogP contribution in [0.3, 0.4) is 0 Å². The summed E-state index contributed by atoms with van der Waals surface area (Å²) in [6.07, 6.45) is 5.05. The first-order valence-electron chi connectivity index (χ1n) is 9.36. The van der Waals surface area contributed by atoms with Gasteiger partial charge in [0.25, 0.3) is 0 Å². The molecule has 7 nitrogen and oxygen atoms in total. The molecule has 146 valence electrons. The van der Waals surface area contributed by atoms with Gasteiger partial charge in [0, 0.05) is 29.6 Å². The van der Waals surface area contributed by atoms with E-state index in [1.807, 2.05) is 30.3 Å². The number of nitrogens with one attached hydrogen (secondary N) is 1. The van der Waals surface area contributed by atoms with Crippen LogP contribution in [0.1, 0.15) is 18.4 Å². The summed E-state index contributed by atoms with van der Waals surface area (Å²) in [7, 11) is 1.58. The van der Waals surface area contributed by atoms with Gasteiger partial charge < -0.3 is 19.5 Å². The Balaban J connectivity index is 1.31. The lowest BCUT2D eigenvalue weighted by molar-refractivity contribution is -0.118. The first kappa shape index (κ1) is 17.5. The van der Waals surface area contributed by atoms with Crippen LogP contribution in [0.15, 0.2) is 54.9 Å². The van der Waals surface area contributed by atoms with Crippen molar-refractivity contribution in [2.24, 2.45) is 0 Å². The monoisotopic (exact) mass is 389 g/mol. The molecule has 3 heterocycles. The second-order valence-corrected chi connectivity index (χ2v) is 7.13. The van der Waals surface area contributed by atoms with E-state index in [4.69, 9.17) is 14.2 Å². The van der Waals surface area contributed by atoms with E-state index in [2.05, 4.69) is 15.3 Å². The van der Waals surface area contributed by atoms with Crippen LogP contribution in [0, 0.1) is 0 Å². The number of anilines is 1. The van der Waals surface area contributed by atoms with Gasteiger partial charge in [-0.05, 0) is 48.7 Å². The Morgan fingerprint density at radius 2 is 1.76 bits per heavy atom. The zero-order valence-corrected chi connectivity index (χ0v) is 15.8. The average Bonchev–Trinajstić information content (AvgIpc) is 3.45. The molecule has 0 radical (unpaired) electrons. The average molecular weight is 389 g/mol. The van der Waals surface area contributed by atoms with Gasteiger partial charge >= 0.3 is 0 Å². The Hall–Kier alpha value is -3.61. The Bertz CT molecular complexity index is 1060. The number of hydrogen-bond acceptors (Lipinski definition) is 6. The van der Waals surface area contributed by atoms with E-state index in [-0.39, 0.29) is 12.7 Å². The fourth-order valence-electron chi connectivity index (χ4n) is 3.51. The van der Waals surface area contributed by atoms with Gasteiger partial charge in [-0.3, -0.25) is 4.79 Å². The summed E-state index contributed by atoms with van der Waals surface area (Å²) in [4.78, 5) is 21.6. The fourth-order valence-corrected chi connectivity index (χ4v) is 3.51. The first-order chi connectivity index (χ1) is 14.2. The SMILES string of the molecule is COc1ccc(-c2ccc(NC(=O)C3(c4ccc5c(c4)OCO5)CC3)nc2)cn1. The van der Waals surface area contributed by atoms with E-state index in [0.717, 1.165) is 35.3 Å². The van der Waals surface area contributed by atoms with Crippen LogP contribution in [0.4, 0.5) is 5.82 Å². The molecule has 1 aliphatic heterocycles. The third-order valence-corrected chi connectivity index (χ3v) is 5.39. The van der Waals surface area contributed by atoms with Crippen molar-refractivity contribution in [2.45, 2.75) is 18.3 Å². The van der Waals surface area contributed by atoms with Gasteiger partial charge in [-0.1, -0.05) is 6.07 Å². The molecule has 0 saturated heterocycles. The maximum absolute atomic E-state index is 13.0. The number of carbonyl (C=O) groups is 1. The van der Waals surface area contributed by atoms with Crippen LogP contribution < -0.4 is 19.5 Å². The second-order valence-electron chi connectivity index (χ2n) is 7.13. The molecule has 1 saturated carbocycles. The Kier molecular flexibility index (Phi) is 4.08. The smallest absolute Gasteiger partial charge is 0.236 e. The number of rotatable bonds is 5. The molecule has 1 N–H and O–H groups in total. The molecular weight excluding hydrogens is 370 g/mol. The largest absolute Gasteiger partial charge is 0.481 e. The molecule has 1 fully saturated rings. The molecule has 0 spiro atoms. The van der Waals surface area contributed by atoms with Crippen LogP contribution in [-0.2, 0) is 10.2 Å². The van der Waals surface area contributed by atoms with Crippen molar-refractivity contribution in [1.29, 1.82) is 0 Å². The van der Waals surface area contributed by atoms with E-state index in [1.165, 1.54) is 0 Å². The maximum atomic E-state index is 13.0. The number of pyridine rings is 2. The van der Waals surface area contributed by atoms with Crippen LogP contribution in [-0.4, -0.2) is 29.8 Å². The van der Waals surface area contributed by atoms with Crippen molar-refractivity contribution in [3.05, 3.63) is 60.4 Å². The molecule has 1 aliphatic carbocycles. The lowest BCUT2D eigenvalue weighted by Gasteiger charge is -2.16. The number of amides is 1. The van der Waals surface area contributed by atoms with Gasteiger partial charge in [-0.15, -0.1) is 0 Å². The molecule has 0 atom stereocenters. The predicted octanol–water partition coefficient (Wildman–Crippen LogP) is 3.55. The van der Waals surface area contributed by atoms with Crippen molar-refractivity contribution < 1.29 is 19.0 Å². The van der Waals surface area contributed by atoms with Crippen LogP contribution in [0.2, 0.25) is 0 Å². The molecule has 2 aliphatic rings. The summed E-state index contributed by atoms with van der Waals surface area (Å²) in [6.45, 7) is 0.220. The lowest BCUT2D eigenvalue weighted by atomic mass is 9.94. The highest BCUT2D eigenvalue weighted by atomic mass is 16.7. The number of carbonyl (C=O) groups excluding carboxylic acids is 1. The van der Waals surface area contributed by atoms with Gasteiger partial charge in [-0.2, -0.15) is 0 Å². The van der Waals surface area contributed by atoms with Crippen molar-refractivity contribution in [3.8, 4) is 28.5 Å². The predicted molar refractivity (Wildman–Crippen MR) is 106 cm³/mol. The van der Waals surface area contributed by atoms with E-state index in [9.17, 15) is 4.79 Å². The molecule has 0 unspecified atom stereocenters. The van der Waals surface area contributed by atoms with Crippen LogP contribution >= 0.6 is 0 Å². The number of fused-ring (bicyclic) bond motifs is 1. The number of hydrogen-bond donors (Lipinski definition) is 1. The molecular formula is C22H19N3O4. The standard InChI is InChI=1S/C22H19N3O4/c1-27-20-7-3-15(12-24-20)14-2-6-19(23-11-14)25-21(26)22(8-9-22)16-4-5-17-18(10-16)29-13-28-17/h2-7,10-12H,8-9,13H2,1H3,(H,23,25,26). The van der Waals surface area contributed by atoms with Crippen LogP contribution in [0.25, 0.3) is 11.1 Å². The second kappa shape index (κ2) is 6.77. The van der Waals surface area contributed by atoms with Gasteiger partial charge in [0.15, 0.2) is 11.5 Å². The summed E-state index contributed by atoms with van der Waals surface area (Å²) in [5.74, 6) is 2.44. The molecule has 5 rings (SSSR count). The summed E-state index contributed by atoms with van der Waals surface area (Å²) in [5, 5.41) is 2.95. The number of ether oxygens (including phenoxy) is 3. The molecule has 0 bridgehead atoms. The first-order valence-corrected chi connectivity index (χ1v) is 9.36. The molecule has 1 amide bonds. The lowest BCUT2D eigenvalue weighted by Crippen LogP contribution is -2.28. The number of aromatic nitrogens is 2. The molecule has 29 heavy (non-hydrogen) atoms. The van der Waals surface area contributed by atoms with Gasteiger partial charge in [-0.25, -0.2) is 9.97 Å². The maximum Gasteiger partial charge on any atom is 0.236 e. The normalized spacial score (nSPS) is 15.6.